The van der Waals surface area contributed by atoms with E-state index in [1.807, 2.05) is 49.4 Å². The highest BCUT2D eigenvalue weighted by molar-refractivity contribution is 6.34. The van der Waals surface area contributed by atoms with Gasteiger partial charge in [-0.1, -0.05) is 62.6 Å². The van der Waals surface area contributed by atoms with Crippen LogP contribution in [0.15, 0.2) is 126 Å². The first-order valence-corrected chi connectivity index (χ1v) is 19.5. The average Bonchev–Trinajstić information content (AvgIpc) is 3.54. The van der Waals surface area contributed by atoms with E-state index in [4.69, 9.17) is 23.4 Å². The number of aryl methyl sites for hydroxylation is 3. The molecule has 0 N–H and O–H groups in total. The Balaban J connectivity index is 0.956. The molecule has 7 aromatic carbocycles. The molecule has 0 spiro atoms. The number of ether oxygens (including phenoxy) is 4. The predicted molar refractivity (Wildman–Crippen MR) is 227 cm³/mol. The Labute approximate surface area is 335 Å². The molecule has 8 aromatic rings. The van der Waals surface area contributed by atoms with E-state index in [1.54, 1.807) is 24.3 Å². The van der Waals surface area contributed by atoms with Gasteiger partial charge in [-0.25, -0.2) is 14.4 Å². The van der Waals surface area contributed by atoms with E-state index in [2.05, 4.69) is 32.0 Å². The van der Waals surface area contributed by atoms with Crippen LogP contribution in [0.5, 0.6) is 23.0 Å². The first-order valence-electron chi connectivity index (χ1n) is 19.5. The smallest absolute Gasteiger partial charge is 0.343 e. The van der Waals surface area contributed by atoms with Crippen LogP contribution in [-0.4, -0.2) is 25.0 Å². The summed E-state index contributed by atoms with van der Waals surface area (Å²) in [6, 6.07) is 35.8. The standard InChI is InChI=1S/C50H42O8/c1-5-6-7-8-11-32-15-17-33(18-16-32)48(51)56-36-23-19-34(20-24-36)49(52)57-37-25-21-35(22-26-37)50(53)58-44-28-41-42(29-43(44)54-4)47-40(27-14-30(2)55-47)45-31(3)38-12-9-10-13-39(38)46(41)45/h9-10,12-29H,5-8,11H2,1-4H3. The van der Waals surface area contributed by atoms with Gasteiger partial charge in [-0.15, -0.1) is 0 Å². The fourth-order valence-electron chi connectivity index (χ4n) is 7.59. The number of carbonyl (C=O) groups is 3. The molecule has 0 aliphatic heterocycles. The van der Waals surface area contributed by atoms with Gasteiger partial charge in [0.15, 0.2) is 11.5 Å². The lowest BCUT2D eigenvalue weighted by atomic mass is 9.98. The topological polar surface area (TPSA) is 101 Å². The Morgan fingerprint density at radius 3 is 1.71 bits per heavy atom. The van der Waals surface area contributed by atoms with Crippen LogP contribution in [0.2, 0.25) is 0 Å². The zero-order valence-electron chi connectivity index (χ0n) is 32.8. The number of methoxy groups -OCH3 is 1. The molecular weight excluding hydrogens is 729 g/mol. The number of carbonyl (C=O) groups excluding carboxylic acids is 3. The molecule has 0 aliphatic rings. The summed E-state index contributed by atoms with van der Waals surface area (Å²) < 4.78 is 29.2. The maximum Gasteiger partial charge on any atom is 0.343 e. The molecule has 0 saturated heterocycles. The maximum atomic E-state index is 13.5. The molecule has 0 bridgehead atoms. The Morgan fingerprint density at radius 2 is 1.10 bits per heavy atom. The average molecular weight is 771 g/mol. The van der Waals surface area contributed by atoms with Crippen LogP contribution in [0.4, 0.5) is 0 Å². The monoisotopic (exact) mass is 770 g/mol. The van der Waals surface area contributed by atoms with Gasteiger partial charge in [0.05, 0.1) is 23.8 Å². The van der Waals surface area contributed by atoms with Crippen molar-refractivity contribution < 1.29 is 37.7 Å². The molecule has 0 saturated carbocycles. The van der Waals surface area contributed by atoms with Crippen LogP contribution >= 0.6 is 0 Å². The second-order valence-electron chi connectivity index (χ2n) is 14.5. The Bertz CT molecular complexity index is 2830. The van der Waals surface area contributed by atoms with Crippen LogP contribution in [0.1, 0.15) is 80.6 Å². The minimum Gasteiger partial charge on any atom is -0.493 e. The zero-order chi connectivity index (χ0) is 40.3. The van der Waals surface area contributed by atoms with E-state index in [0.717, 1.165) is 67.5 Å². The summed E-state index contributed by atoms with van der Waals surface area (Å²) >= 11 is 0. The summed E-state index contributed by atoms with van der Waals surface area (Å²) in [6.45, 7) is 6.22. The second kappa shape index (κ2) is 16.3. The van der Waals surface area contributed by atoms with Crippen molar-refractivity contribution in [2.45, 2.75) is 52.9 Å². The van der Waals surface area contributed by atoms with E-state index >= 15 is 0 Å². The summed E-state index contributed by atoms with van der Waals surface area (Å²) in [6.07, 6.45) is 5.73. The normalized spacial score (nSPS) is 11.3. The van der Waals surface area contributed by atoms with Crippen molar-refractivity contribution in [3.63, 3.8) is 0 Å². The quantitative estimate of drug-likeness (QED) is 0.0524. The summed E-state index contributed by atoms with van der Waals surface area (Å²) in [5, 5.41) is 7.08. The van der Waals surface area contributed by atoms with Gasteiger partial charge in [-0.05, 0) is 150 Å². The minimum absolute atomic E-state index is 0.237. The number of hydrogen-bond acceptors (Lipinski definition) is 8. The molecule has 8 heteroatoms. The first-order chi connectivity index (χ1) is 28.2. The van der Waals surface area contributed by atoms with Crippen LogP contribution in [-0.2, 0) is 6.42 Å². The SMILES string of the molecule is CCCCCCc1ccc(C(=O)Oc2ccc(C(=O)Oc3ccc(C(=O)Oc4cc5c(cc4OC)c4oc(C)ccc4c4c(C)c6ccccc6c54)cc3)cc2)cc1. The summed E-state index contributed by atoms with van der Waals surface area (Å²) in [5.41, 5.74) is 4.03. The van der Waals surface area contributed by atoms with Crippen molar-refractivity contribution in [2.75, 3.05) is 7.11 Å². The van der Waals surface area contributed by atoms with Gasteiger partial charge in [-0.3, -0.25) is 0 Å². The van der Waals surface area contributed by atoms with E-state index in [0.29, 0.717) is 17.1 Å². The highest BCUT2D eigenvalue weighted by Crippen LogP contribution is 2.46. The van der Waals surface area contributed by atoms with Crippen LogP contribution < -0.4 is 18.9 Å². The molecule has 58 heavy (non-hydrogen) atoms. The number of hydrogen-bond donors (Lipinski definition) is 0. The largest absolute Gasteiger partial charge is 0.493 e. The van der Waals surface area contributed by atoms with E-state index in [-0.39, 0.29) is 22.6 Å². The Hall–Kier alpha value is -6.93. The lowest BCUT2D eigenvalue weighted by Gasteiger charge is -2.14. The lowest BCUT2D eigenvalue weighted by Crippen LogP contribution is -2.11. The van der Waals surface area contributed by atoms with Crippen molar-refractivity contribution in [3.8, 4) is 23.0 Å². The van der Waals surface area contributed by atoms with Crippen molar-refractivity contribution in [1.82, 2.24) is 0 Å². The van der Waals surface area contributed by atoms with Crippen molar-refractivity contribution in [3.05, 3.63) is 155 Å². The molecular formula is C50H42O8. The molecule has 8 rings (SSSR count). The molecule has 290 valence electrons. The molecule has 1 aromatic heterocycles. The third-order valence-corrected chi connectivity index (χ3v) is 10.6. The Kier molecular flexibility index (Phi) is 10.7. The fraction of sp³-hybridized carbons (Fsp3) is 0.180. The number of rotatable bonds is 12. The number of unbranched alkanes of at least 4 members (excludes halogenated alkanes) is 3. The van der Waals surface area contributed by atoms with Gasteiger partial charge in [0.25, 0.3) is 0 Å². The van der Waals surface area contributed by atoms with Crippen LogP contribution in [0, 0.1) is 13.8 Å². The highest BCUT2D eigenvalue weighted by Gasteiger charge is 2.22. The van der Waals surface area contributed by atoms with Gasteiger partial charge in [0, 0.05) is 10.8 Å². The van der Waals surface area contributed by atoms with Gasteiger partial charge < -0.3 is 23.4 Å². The van der Waals surface area contributed by atoms with Crippen molar-refractivity contribution in [1.29, 1.82) is 0 Å². The van der Waals surface area contributed by atoms with Crippen LogP contribution in [0.25, 0.3) is 43.3 Å². The van der Waals surface area contributed by atoms with E-state index in [1.165, 1.54) is 68.3 Å². The molecule has 0 unspecified atom stereocenters. The van der Waals surface area contributed by atoms with E-state index in [9.17, 15) is 14.4 Å². The number of benzene rings is 6. The molecule has 0 fully saturated rings. The number of esters is 3. The van der Waals surface area contributed by atoms with Gasteiger partial charge in [0.2, 0.25) is 0 Å². The van der Waals surface area contributed by atoms with E-state index < -0.39 is 17.9 Å². The third kappa shape index (κ3) is 7.49. The summed E-state index contributed by atoms with van der Waals surface area (Å²) in [4.78, 5) is 39.3. The third-order valence-electron chi connectivity index (χ3n) is 10.6. The fourth-order valence-corrected chi connectivity index (χ4v) is 7.59. The van der Waals surface area contributed by atoms with Crippen LogP contribution in [0.3, 0.4) is 0 Å². The molecule has 0 aliphatic carbocycles. The molecule has 8 nitrogen and oxygen atoms in total. The minimum atomic E-state index is -0.611. The molecule has 0 amide bonds. The lowest BCUT2D eigenvalue weighted by molar-refractivity contribution is 0.0722. The maximum absolute atomic E-state index is 13.5. The van der Waals surface area contributed by atoms with Crippen molar-refractivity contribution in [2.24, 2.45) is 0 Å². The predicted octanol–water partition coefficient (Wildman–Crippen LogP) is 12.3. The zero-order valence-corrected chi connectivity index (χ0v) is 32.8. The number of fused-ring (bicyclic) bond motifs is 8. The van der Waals surface area contributed by atoms with Gasteiger partial charge in [-0.2, -0.15) is 0 Å². The molecule has 0 atom stereocenters. The van der Waals surface area contributed by atoms with Gasteiger partial charge >= 0.3 is 17.9 Å². The highest BCUT2D eigenvalue weighted by atomic mass is 16.6. The van der Waals surface area contributed by atoms with Gasteiger partial charge in [0.1, 0.15) is 22.8 Å². The first kappa shape index (κ1) is 38.0. The summed E-state index contributed by atoms with van der Waals surface area (Å²) in [5.74, 6) is 0.240. The van der Waals surface area contributed by atoms with Crippen molar-refractivity contribution >= 4 is 61.2 Å². The summed E-state index contributed by atoms with van der Waals surface area (Å²) in [7, 11) is 1.53. The second-order valence-corrected chi connectivity index (χ2v) is 14.5. The Morgan fingerprint density at radius 1 is 0.534 bits per heavy atom. The molecule has 1 heterocycles. The molecule has 0 radical (unpaired) electrons.